The van der Waals surface area contributed by atoms with Crippen LogP contribution in [0.2, 0.25) is 0 Å². The van der Waals surface area contributed by atoms with Gasteiger partial charge in [-0.3, -0.25) is 4.99 Å². The minimum absolute atomic E-state index is 0.0197. The van der Waals surface area contributed by atoms with Crippen molar-refractivity contribution in [2.75, 3.05) is 7.05 Å². The van der Waals surface area contributed by atoms with Gasteiger partial charge in [0.1, 0.15) is 23.8 Å². The zero-order valence-corrected chi connectivity index (χ0v) is 26.3. The van der Waals surface area contributed by atoms with Crippen molar-refractivity contribution in [2.24, 2.45) is 4.99 Å². The Labute approximate surface area is 291 Å². The summed E-state index contributed by atoms with van der Waals surface area (Å²) in [5.41, 5.74) is -2.14. The number of fused-ring (bicyclic) bond motifs is 6. The Morgan fingerprint density at radius 1 is 0.453 bits per heavy atom. The van der Waals surface area contributed by atoms with Crippen LogP contribution in [0.15, 0.2) is 64.7 Å². The zero-order chi connectivity index (χ0) is 38.2. The van der Waals surface area contributed by atoms with E-state index in [0.29, 0.717) is 5.56 Å². The lowest BCUT2D eigenvalue weighted by Crippen LogP contribution is -2.04. The van der Waals surface area contributed by atoms with E-state index in [2.05, 4.69) is 4.99 Å². The molecule has 5 aromatic carbocycles. The first kappa shape index (κ1) is 34.5. The Morgan fingerprint density at radius 3 is 1.19 bits per heavy atom. The summed E-state index contributed by atoms with van der Waals surface area (Å²) < 4.78 is 144. The van der Waals surface area contributed by atoms with Gasteiger partial charge in [-0.2, -0.15) is 15.8 Å². The van der Waals surface area contributed by atoms with Gasteiger partial charge < -0.3 is 0 Å². The maximum Gasteiger partial charge on any atom is 0.200 e. The molecule has 0 saturated carbocycles. The molecule has 0 unspecified atom stereocenters. The van der Waals surface area contributed by atoms with Crippen LogP contribution in [0.1, 0.15) is 22.3 Å². The van der Waals surface area contributed by atoms with Crippen LogP contribution < -0.4 is 0 Å². The molecule has 258 valence electrons. The van der Waals surface area contributed by atoms with E-state index in [1.165, 1.54) is 37.5 Å². The highest BCUT2D eigenvalue weighted by Crippen LogP contribution is 2.54. The van der Waals surface area contributed by atoms with Gasteiger partial charge in [-0.05, 0) is 79.9 Å². The normalized spacial score (nSPS) is 13.2. The third-order valence-electron chi connectivity index (χ3n) is 8.97. The molecule has 0 atom stereocenters. The summed E-state index contributed by atoms with van der Waals surface area (Å²) in [6.07, 6.45) is 1.17. The van der Waals surface area contributed by atoms with E-state index in [-0.39, 0.29) is 55.7 Å². The lowest BCUT2D eigenvalue weighted by Gasteiger charge is -2.11. The molecule has 0 aromatic heterocycles. The molecule has 4 nitrogen and oxygen atoms in total. The lowest BCUT2D eigenvalue weighted by atomic mass is 9.93. The van der Waals surface area contributed by atoms with Crippen LogP contribution in [0.25, 0.3) is 55.7 Å². The summed E-state index contributed by atoms with van der Waals surface area (Å²) in [6, 6.07) is 15.4. The molecular weight excluding hydrogens is 714 g/mol. The fourth-order valence-electron chi connectivity index (χ4n) is 6.72. The summed E-state index contributed by atoms with van der Waals surface area (Å²) in [6.45, 7) is 0. The second kappa shape index (κ2) is 12.4. The smallest absolute Gasteiger partial charge is 0.200 e. The summed E-state index contributed by atoms with van der Waals surface area (Å²) in [5.74, 6) is -21.8. The van der Waals surface area contributed by atoms with Crippen LogP contribution in [-0.2, 0) is 0 Å². The molecular formula is C39H12F10N4. The molecule has 14 heteroatoms. The fourth-order valence-corrected chi connectivity index (χ4v) is 6.72. The van der Waals surface area contributed by atoms with Crippen molar-refractivity contribution < 1.29 is 43.9 Å². The zero-order valence-electron chi connectivity index (χ0n) is 26.3. The van der Waals surface area contributed by atoms with Gasteiger partial charge in [-0.15, -0.1) is 0 Å². The number of nitriles is 3. The number of benzene rings is 5. The number of allylic oxidation sites excluding steroid dienone is 2. The minimum atomic E-state index is -2.36. The number of rotatable bonds is 3. The first-order chi connectivity index (χ1) is 25.3. The molecule has 0 N–H and O–H groups in total. The highest BCUT2D eigenvalue weighted by Gasteiger charge is 2.36. The Hall–Kier alpha value is -6.98. The number of aliphatic imine (C=N–C) groups is 1. The molecule has 0 fully saturated rings. The highest BCUT2D eigenvalue weighted by molar-refractivity contribution is 6.14. The summed E-state index contributed by atoms with van der Waals surface area (Å²) in [4.78, 5) is 3.89. The van der Waals surface area contributed by atoms with Crippen LogP contribution in [0.4, 0.5) is 43.9 Å². The fraction of sp³-hybridized carbons (Fsp3) is 0.0256. The molecule has 0 bridgehead atoms. The van der Waals surface area contributed by atoms with Gasteiger partial charge in [-0.25, -0.2) is 43.9 Å². The van der Waals surface area contributed by atoms with Crippen LogP contribution in [0.5, 0.6) is 0 Å². The average Bonchev–Trinajstić information content (AvgIpc) is 3.64. The van der Waals surface area contributed by atoms with E-state index >= 15 is 0 Å². The SMILES string of the molecule is CN=C/C(C#N)=C1/c2cc(-c3c(F)c(F)c(F)c(F)c3F)ccc2-c2cc3c(cc21)-c1ccc(-c2c(F)c(F)c(F)c(F)c2F)cc1C3=C(C#N)C#N. The maximum atomic E-state index is 14.9. The highest BCUT2D eigenvalue weighted by atomic mass is 19.2. The summed E-state index contributed by atoms with van der Waals surface area (Å²) >= 11 is 0. The predicted molar refractivity (Wildman–Crippen MR) is 171 cm³/mol. The third-order valence-corrected chi connectivity index (χ3v) is 8.97. The van der Waals surface area contributed by atoms with Crippen molar-refractivity contribution in [2.45, 2.75) is 0 Å². The summed E-state index contributed by atoms with van der Waals surface area (Å²) in [5, 5.41) is 30.0. The largest absolute Gasteiger partial charge is 0.295 e. The maximum absolute atomic E-state index is 14.9. The van der Waals surface area contributed by atoms with Crippen molar-refractivity contribution in [3.63, 3.8) is 0 Å². The molecule has 2 aliphatic carbocycles. The quantitative estimate of drug-likeness (QED) is 0.0598. The molecule has 0 saturated heterocycles. The topological polar surface area (TPSA) is 83.7 Å². The van der Waals surface area contributed by atoms with Crippen molar-refractivity contribution in [1.29, 1.82) is 15.8 Å². The second-order valence-corrected chi connectivity index (χ2v) is 11.6. The van der Waals surface area contributed by atoms with E-state index in [1.54, 1.807) is 12.1 Å². The Morgan fingerprint density at radius 2 is 0.811 bits per heavy atom. The molecule has 0 aliphatic heterocycles. The van der Waals surface area contributed by atoms with Crippen molar-refractivity contribution >= 4 is 17.4 Å². The number of hydrogen-bond donors (Lipinski definition) is 0. The number of nitrogens with zero attached hydrogens (tertiary/aromatic N) is 4. The minimum Gasteiger partial charge on any atom is -0.295 e. The average molecular weight is 727 g/mol. The molecule has 2 aliphatic rings. The number of hydrogen-bond acceptors (Lipinski definition) is 4. The van der Waals surface area contributed by atoms with Crippen LogP contribution >= 0.6 is 0 Å². The lowest BCUT2D eigenvalue weighted by molar-refractivity contribution is 0.381. The van der Waals surface area contributed by atoms with Gasteiger partial charge in [-0.1, -0.05) is 24.3 Å². The van der Waals surface area contributed by atoms with Crippen LogP contribution in [0.3, 0.4) is 0 Å². The van der Waals surface area contributed by atoms with E-state index in [4.69, 9.17) is 0 Å². The molecule has 0 amide bonds. The standard InChI is InChI=1S/C39H12F10N4/c1-53-13-17(12-52)27-23-7-15(29-32(42)36(46)39(49)37(47)33(29)43)3-5-19(23)21-8-24-20(9-25(21)27)18-4-2-14(6-22(18)26(24)16(10-50)11-51)28-30(40)34(44)38(48)35(45)31(28)41/h2-9,13H,1H3/b27-17-,53-13?. The number of halogens is 10. The summed E-state index contributed by atoms with van der Waals surface area (Å²) in [7, 11) is 1.35. The van der Waals surface area contributed by atoms with Gasteiger partial charge >= 0.3 is 0 Å². The Balaban J connectivity index is 1.51. The predicted octanol–water partition coefficient (Wildman–Crippen LogP) is 10.2. The monoisotopic (exact) mass is 726 g/mol. The first-order valence-electron chi connectivity index (χ1n) is 14.9. The molecule has 0 spiro atoms. The van der Waals surface area contributed by atoms with Crippen molar-refractivity contribution in [3.05, 3.63) is 140 Å². The molecule has 0 radical (unpaired) electrons. The van der Waals surface area contributed by atoms with E-state index in [0.717, 1.165) is 24.3 Å². The molecule has 5 aromatic rings. The second-order valence-electron chi connectivity index (χ2n) is 11.6. The van der Waals surface area contributed by atoms with Crippen LogP contribution in [0, 0.1) is 92.2 Å². The Bertz CT molecular complexity index is 2700. The van der Waals surface area contributed by atoms with Gasteiger partial charge in [0.15, 0.2) is 46.5 Å². The van der Waals surface area contributed by atoms with Gasteiger partial charge in [0, 0.05) is 24.4 Å². The first-order valence-corrected chi connectivity index (χ1v) is 14.9. The van der Waals surface area contributed by atoms with E-state index in [1.807, 2.05) is 6.07 Å². The van der Waals surface area contributed by atoms with E-state index in [9.17, 15) is 59.7 Å². The molecule has 0 heterocycles. The van der Waals surface area contributed by atoms with Crippen LogP contribution in [-0.4, -0.2) is 13.3 Å². The van der Waals surface area contributed by atoms with Crippen molar-refractivity contribution in [3.8, 4) is 62.7 Å². The Kier molecular flexibility index (Phi) is 8.04. The molecule has 7 rings (SSSR count). The van der Waals surface area contributed by atoms with Gasteiger partial charge in [0.25, 0.3) is 0 Å². The van der Waals surface area contributed by atoms with Gasteiger partial charge in [0.2, 0.25) is 11.6 Å². The third kappa shape index (κ3) is 4.78. The molecule has 53 heavy (non-hydrogen) atoms. The van der Waals surface area contributed by atoms with E-state index < -0.39 is 86.0 Å². The van der Waals surface area contributed by atoms with Gasteiger partial charge in [0.05, 0.1) is 16.7 Å². The van der Waals surface area contributed by atoms with Crippen molar-refractivity contribution in [1.82, 2.24) is 0 Å².